The van der Waals surface area contributed by atoms with Crippen LogP contribution in [-0.4, -0.2) is 39.4 Å². The Kier molecular flexibility index (Phi) is 8.48. The number of nitrogens with one attached hydrogen (secondary N) is 2. The molecule has 9 heteroatoms. The predicted octanol–water partition coefficient (Wildman–Crippen LogP) is 4.16. The van der Waals surface area contributed by atoms with Gasteiger partial charge in [-0.05, 0) is 37.1 Å². The van der Waals surface area contributed by atoms with Gasteiger partial charge in [0.05, 0.1) is 24.6 Å². The maximum Gasteiger partial charge on any atom is 0.251 e. The summed E-state index contributed by atoms with van der Waals surface area (Å²) in [5, 5.41) is 15.2. The van der Waals surface area contributed by atoms with Crippen LogP contribution in [0.15, 0.2) is 59.8 Å². The SMILES string of the molecule is CCn1c(SCC(=O)Nc2ccccc2OC)nnc1[C@@H](NC(=O)c1ccccc1)C(C)C. The number of rotatable bonds is 10. The van der Waals surface area contributed by atoms with Gasteiger partial charge >= 0.3 is 0 Å². The zero-order valence-electron chi connectivity index (χ0n) is 19.2. The Hall–Kier alpha value is -3.33. The summed E-state index contributed by atoms with van der Waals surface area (Å²) in [6.45, 7) is 6.65. The zero-order valence-corrected chi connectivity index (χ0v) is 20.1. The van der Waals surface area contributed by atoms with Gasteiger partial charge < -0.3 is 19.9 Å². The molecule has 1 heterocycles. The van der Waals surface area contributed by atoms with E-state index in [0.29, 0.717) is 34.5 Å². The van der Waals surface area contributed by atoms with Crippen LogP contribution in [0.1, 0.15) is 43.0 Å². The number of nitrogens with zero attached hydrogens (tertiary/aromatic N) is 3. The molecule has 2 amide bonds. The Morgan fingerprint density at radius 2 is 1.76 bits per heavy atom. The van der Waals surface area contributed by atoms with Gasteiger partial charge in [0.15, 0.2) is 11.0 Å². The van der Waals surface area contributed by atoms with Gasteiger partial charge in [-0.2, -0.15) is 0 Å². The number of thioether (sulfide) groups is 1. The maximum absolute atomic E-state index is 12.7. The summed E-state index contributed by atoms with van der Waals surface area (Å²) in [5.74, 6) is 1.20. The van der Waals surface area contributed by atoms with Gasteiger partial charge in [0.25, 0.3) is 5.91 Å². The van der Waals surface area contributed by atoms with E-state index in [1.807, 2.05) is 55.7 Å². The minimum Gasteiger partial charge on any atom is -0.495 e. The molecule has 2 aromatic carbocycles. The van der Waals surface area contributed by atoms with Crippen molar-refractivity contribution >= 4 is 29.3 Å². The first-order chi connectivity index (χ1) is 15.9. The van der Waals surface area contributed by atoms with Gasteiger partial charge in [-0.1, -0.05) is 55.9 Å². The summed E-state index contributed by atoms with van der Waals surface area (Å²) in [6, 6.07) is 16.0. The number of hydrogen-bond donors (Lipinski definition) is 2. The van der Waals surface area contributed by atoms with E-state index in [9.17, 15) is 9.59 Å². The van der Waals surface area contributed by atoms with Gasteiger partial charge in [0, 0.05) is 12.1 Å². The van der Waals surface area contributed by atoms with Crippen LogP contribution in [0.25, 0.3) is 0 Å². The van der Waals surface area contributed by atoms with Crippen molar-refractivity contribution in [2.45, 2.75) is 38.5 Å². The zero-order chi connectivity index (χ0) is 23.8. The van der Waals surface area contributed by atoms with Crippen LogP contribution in [0.3, 0.4) is 0 Å². The van der Waals surface area contributed by atoms with Crippen molar-refractivity contribution in [2.24, 2.45) is 5.92 Å². The lowest BCUT2D eigenvalue weighted by atomic mass is 10.0. The number of ether oxygens (including phenoxy) is 1. The molecular formula is C24H29N5O3S. The van der Waals surface area contributed by atoms with Crippen LogP contribution < -0.4 is 15.4 Å². The first-order valence-electron chi connectivity index (χ1n) is 10.8. The molecule has 0 radical (unpaired) electrons. The topological polar surface area (TPSA) is 98.1 Å². The van der Waals surface area contributed by atoms with Crippen LogP contribution in [0.4, 0.5) is 5.69 Å². The van der Waals surface area contributed by atoms with E-state index in [4.69, 9.17) is 4.74 Å². The van der Waals surface area contributed by atoms with Crippen molar-refractivity contribution in [1.29, 1.82) is 0 Å². The molecule has 0 unspecified atom stereocenters. The lowest BCUT2D eigenvalue weighted by Gasteiger charge is -2.22. The van der Waals surface area contributed by atoms with Crippen molar-refractivity contribution in [3.63, 3.8) is 0 Å². The van der Waals surface area contributed by atoms with Crippen molar-refractivity contribution < 1.29 is 14.3 Å². The molecule has 33 heavy (non-hydrogen) atoms. The third-order valence-corrected chi connectivity index (χ3v) is 6.01. The quantitative estimate of drug-likeness (QED) is 0.435. The lowest BCUT2D eigenvalue weighted by molar-refractivity contribution is -0.113. The average Bonchev–Trinajstić information content (AvgIpc) is 3.24. The number of amides is 2. The fourth-order valence-corrected chi connectivity index (χ4v) is 4.15. The first kappa shape index (κ1) is 24.3. The lowest BCUT2D eigenvalue weighted by Crippen LogP contribution is -2.33. The highest BCUT2D eigenvalue weighted by atomic mass is 32.2. The Labute approximate surface area is 198 Å². The highest BCUT2D eigenvalue weighted by Gasteiger charge is 2.26. The number of methoxy groups -OCH3 is 1. The molecule has 0 bridgehead atoms. The van der Waals surface area contributed by atoms with Gasteiger partial charge in [-0.25, -0.2) is 0 Å². The molecule has 2 N–H and O–H groups in total. The smallest absolute Gasteiger partial charge is 0.251 e. The molecule has 0 saturated carbocycles. The van der Waals surface area contributed by atoms with E-state index < -0.39 is 0 Å². The molecule has 0 saturated heterocycles. The third-order valence-electron chi connectivity index (χ3n) is 5.04. The molecular weight excluding hydrogens is 438 g/mol. The summed E-state index contributed by atoms with van der Waals surface area (Å²) >= 11 is 1.30. The Balaban J connectivity index is 1.71. The van der Waals surface area contributed by atoms with E-state index in [1.165, 1.54) is 11.8 Å². The van der Waals surface area contributed by atoms with Crippen LogP contribution in [-0.2, 0) is 11.3 Å². The fourth-order valence-electron chi connectivity index (χ4n) is 3.34. The van der Waals surface area contributed by atoms with Crippen LogP contribution >= 0.6 is 11.8 Å². The van der Waals surface area contributed by atoms with E-state index in [-0.39, 0.29) is 29.5 Å². The first-order valence-corrected chi connectivity index (χ1v) is 11.8. The Morgan fingerprint density at radius 3 is 2.42 bits per heavy atom. The summed E-state index contributed by atoms with van der Waals surface area (Å²) < 4.78 is 7.22. The van der Waals surface area contributed by atoms with E-state index >= 15 is 0 Å². The number of aromatic nitrogens is 3. The molecule has 0 aliphatic rings. The Morgan fingerprint density at radius 1 is 1.06 bits per heavy atom. The van der Waals surface area contributed by atoms with Crippen molar-refractivity contribution in [1.82, 2.24) is 20.1 Å². The van der Waals surface area contributed by atoms with Gasteiger partial charge in [0.1, 0.15) is 5.75 Å². The van der Waals surface area contributed by atoms with Crippen LogP contribution in [0.5, 0.6) is 5.75 Å². The second-order valence-electron chi connectivity index (χ2n) is 7.68. The number of benzene rings is 2. The third kappa shape index (κ3) is 6.13. The monoisotopic (exact) mass is 467 g/mol. The van der Waals surface area contributed by atoms with Crippen LogP contribution in [0, 0.1) is 5.92 Å². The minimum atomic E-state index is -0.318. The summed E-state index contributed by atoms with van der Waals surface area (Å²) in [4.78, 5) is 25.2. The number of anilines is 1. The largest absolute Gasteiger partial charge is 0.495 e. The number of para-hydroxylation sites is 2. The van der Waals surface area contributed by atoms with Crippen LogP contribution in [0.2, 0.25) is 0 Å². The van der Waals surface area contributed by atoms with E-state index in [0.717, 1.165) is 0 Å². The van der Waals surface area contributed by atoms with Gasteiger partial charge in [0.2, 0.25) is 5.91 Å². The van der Waals surface area contributed by atoms with E-state index in [2.05, 4.69) is 20.8 Å². The highest BCUT2D eigenvalue weighted by molar-refractivity contribution is 7.99. The van der Waals surface area contributed by atoms with Crippen molar-refractivity contribution in [3.8, 4) is 5.75 Å². The molecule has 8 nitrogen and oxygen atoms in total. The summed E-state index contributed by atoms with van der Waals surface area (Å²) in [7, 11) is 1.56. The molecule has 0 aliphatic carbocycles. The predicted molar refractivity (Wildman–Crippen MR) is 130 cm³/mol. The molecule has 3 rings (SSSR count). The van der Waals surface area contributed by atoms with Crippen molar-refractivity contribution in [2.75, 3.05) is 18.2 Å². The second-order valence-corrected chi connectivity index (χ2v) is 8.63. The molecule has 174 valence electrons. The summed E-state index contributed by atoms with van der Waals surface area (Å²) in [5.41, 5.74) is 1.21. The minimum absolute atomic E-state index is 0.0962. The molecule has 0 fully saturated rings. The number of carbonyl (C=O) groups excluding carboxylic acids is 2. The van der Waals surface area contributed by atoms with Crippen molar-refractivity contribution in [3.05, 3.63) is 66.0 Å². The average molecular weight is 468 g/mol. The molecule has 0 spiro atoms. The fraction of sp³-hybridized carbons (Fsp3) is 0.333. The molecule has 1 aromatic heterocycles. The number of hydrogen-bond acceptors (Lipinski definition) is 6. The summed E-state index contributed by atoms with van der Waals surface area (Å²) in [6.07, 6.45) is 0. The molecule has 1 atom stereocenters. The Bertz CT molecular complexity index is 1080. The maximum atomic E-state index is 12.7. The second kappa shape index (κ2) is 11.5. The normalized spacial score (nSPS) is 11.8. The highest BCUT2D eigenvalue weighted by Crippen LogP contribution is 2.27. The van der Waals surface area contributed by atoms with E-state index in [1.54, 1.807) is 31.4 Å². The number of carbonyl (C=O) groups is 2. The molecule has 3 aromatic rings. The van der Waals surface area contributed by atoms with Gasteiger partial charge in [-0.3, -0.25) is 9.59 Å². The molecule has 0 aliphatic heterocycles. The standard InChI is InChI=1S/C24H29N5O3S/c1-5-29-22(21(16(2)3)26-23(31)17-11-7-6-8-12-17)27-28-24(29)33-15-20(30)25-18-13-9-10-14-19(18)32-4/h6-14,16,21H,5,15H2,1-4H3,(H,25,30)(H,26,31)/t21-/m0/s1. The van der Waals surface area contributed by atoms with Gasteiger partial charge in [-0.15, -0.1) is 10.2 Å².